The second-order valence-corrected chi connectivity index (χ2v) is 7.93. The Bertz CT molecular complexity index is 828. The van der Waals surface area contributed by atoms with Crippen molar-refractivity contribution in [1.82, 2.24) is 14.4 Å². The van der Waals surface area contributed by atoms with Gasteiger partial charge in [0.05, 0.1) is 5.52 Å². The van der Waals surface area contributed by atoms with Crippen molar-refractivity contribution < 1.29 is 5.11 Å². The summed E-state index contributed by atoms with van der Waals surface area (Å²) in [6, 6.07) is 10.5. The first-order chi connectivity index (χ1) is 12.7. The van der Waals surface area contributed by atoms with Gasteiger partial charge in [0, 0.05) is 58.0 Å². The van der Waals surface area contributed by atoms with Gasteiger partial charge < -0.3 is 9.67 Å². The molecule has 1 aromatic carbocycles. The predicted molar refractivity (Wildman–Crippen MR) is 104 cm³/mol. The Hall–Kier alpha value is -1.69. The summed E-state index contributed by atoms with van der Waals surface area (Å²) in [5.74, 6) is 0.871. The summed E-state index contributed by atoms with van der Waals surface area (Å²) in [5.41, 5.74) is 1.95. The minimum absolute atomic E-state index is 0.0998. The van der Waals surface area contributed by atoms with Gasteiger partial charge in [-0.25, -0.2) is 0 Å². The smallest absolute Gasteiger partial charge is 0.255 e. The van der Waals surface area contributed by atoms with Crippen LogP contribution in [-0.4, -0.2) is 58.3 Å². The second-order valence-electron chi connectivity index (χ2n) is 7.93. The Morgan fingerprint density at radius 2 is 2.00 bits per heavy atom. The summed E-state index contributed by atoms with van der Waals surface area (Å²) in [6.45, 7) is 5.06. The molecule has 0 unspecified atom stereocenters. The summed E-state index contributed by atoms with van der Waals surface area (Å²) >= 11 is 0. The van der Waals surface area contributed by atoms with Crippen molar-refractivity contribution in [2.24, 2.45) is 13.0 Å². The van der Waals surface area contributed by atoms with Crippen LogP contribution in [-0.2, 0) is 13.6 Å². The lowest BCUT2D eigenvalue weighted by Gasteiger charge is -2.41. The van der Waals surface area contributed by atoms with Crippen LogP contribution < -0.4 is 5.56 Å². The molecule has 1 saturated heterocycles. The number of aliphatic hydroxyl groups excluding tert-OH is 1. The highest BCUT2D eigenvalue weighted by Crippen LogP contribution is 2.31. The maximum Gasteiger partial charge on any atom is 0.255 e. The minimum Gasteiger partial charge on any atom is -0.396 e. The molecule has 1 saturated carbocycles. The molecule has 2 fully saturated rings. The summed E-state index contributed by atoms with van der Waals surface area (Å²) in [6.07, 6.45) is 3.54. The maximum atomic E-state index is 12.8. The summed E-state index contributed by atoms with van der Waals surface area (Å²) in [4.78, 5) is 17.7. The molecule has 0 spiro atoms. The first kappa shape index (κ1) is 17.7. The van der Waals surface area contributed by atoms with Crippen molar-refractivity contribution >= 4 is 10.9 Å². The number of nitrogens with zero attached hydrogens (tertiary/aromatic N) is 3. The number of pyridine rings is 1. The molecule has 1 aliphatic carbocycles. The highest BCUT2D eigenvalue weighted by atomic mass is 16.3. The van der Waals surface area contributed by atoms with E-state index in [1.54, 1.807) is 4.57 Å². The molecule has 2 aliphatic rings. The fourth-order valence-corrected chi connectivity index (χ4v) is 4.24. The van der Waals surface area contributed by atoms with E-state index in [4.69, 9.17) is 0 Å². The molecule has 2 heterocycles. The number of hydrogen-bond acceptors (Lipinski definition) is 4. The fraction of sp³-hybridized carbons (Fsp3) is 0.571. The second kappa shape index (κ2) is 7.51. The van der Waals surface area contributed by atoms with Crippen LogP contribution in [0, 0.1) is 5.92 Å². The molecule has 0 radical (unpaired) electrons. The van der Waals surface area contributed by atoms with Crippen molar-refractivity contribution in [2.75, 3.05) is 32.8 Å². The number of benzene rings is 1. The highest BCUT2D eigenvalue weighted by molar-refractivity contribution is 5.79. The van der Waals surface area contributed by atoms with E-state index in [2.05, 4.69) is 21.9 Å². The number of aromatic nitrogens is 1. The van der Waals surface area contributed by atoms with Gasteiger partial charge >= 0.3 is 0 Å². The number of fused-ring (bicyclic) bond motifs is 1. The Morgan fingerprint density at radius 1 is 1.19 bits per heavy atom. The molecule has 26 heavy (non-hydrogen) atoms. The van der Waals surface area contributed by atoms with Gasteiger partial charge in [-0.3, -0.25) is 14.6 Å². The number of aryl methyl sites for hydroxylation is 1. The summed E-state index contributed by atoms with van der Waals surface area (Å²) < 4.78 is 1.76. The van der Waals surface area contributed by atoms with E-state index in [9.17, 15) is 9.90 Å². The van der Waals surface area contributed by atoms with Gasteiger partial charge in [0.25, 0.3) is 5.56 Å². The SMILES string of the molecule is Cn1c(=O)c(CN2CCN(CC3CC3)[C@H](CCO)C2)cc2ccccc21. The molecule has 1 aliphatic heterocycles. The van der Waals surface area contributed by atoms with Crippen LogP contribution >= 0.6 is 0 Å². The van der Waals surface area contributed by atoms with Crippen LogP contribution in [0.15, 0.2) is 35.1 Å². The van der Waals surface area contributed by atoms with Crippen LogP contribution in [0.1, 0.15) is 24.8 Å². The van der Waals surface area contributed by atoms with Crippen molar-refractivity contribution in [2.45, 2.75) is 31.8 Å². The normalized spacial score (nSPS) is 22.2. The molecule has 1 atom stereocenters. The van der Waals surface area contributed by atoms with Gasteiger partial charge in [0.2, 0.25) is 0 Å². The molecule has 140 valence electrons. The Labute approximate surface area is 154 Å². The average Bonchev–Trinajstić information content (AvgIpc) is 3.46. The third-order valence-corrected chi connectivity index (χ3v) is 5.94. The van der Waals surface area contributed by atoms with Crippen molar-refractivity contribution in [3.8, 4) is 0 Å². The molecule has 1 aromatic heterocycles. The van der Waals surface area contributed by atoms with Crippen molar-refractivity contribution in [3.05, 3.63) is 46.2 Å². The highest BCUT2D eigenvalue weighted by Gasteiger charge is 2.32. The van der Waals surface area contributed by atoms with Crippen LogP contribution in [0.3, 0.4) is 0 Å². The van der Waals surface area contributed by atoms with Crippen molar-refractivity contribution in [1.29, 1.82) is 0 Å². The molecule has 5 nitrogen and oxygen atoms in total. The average molecular weight is 355 g/mol. The number of rotatable bonds is 6. The van der Waals surface area contributed by atoms with E-state index in [1.807, 2.05) is 25.2 Å². The topological polar surface area (TPSA) is 48.7 Å². The van der Waals surface area contributed by atoms with Crippen LogP contribution in [0.25, 0.3) is 10.9 Å². The van der Waals surface area contributed by atoms with E-state index in [0.29, 0.717) is 12.6 Å². The Kier molecular flexibility index (Phi) is 5.11. The molecule has 1 N–H and O–H groups in total. The van der Waals surface area contributed by atoms with Gasteiger partial charge in [0.1, 0.15) is 0 Å². The van der Waals surface area contributed by atoms with E-state index in [0.717, 1.165) is 48.4 Å². The largest absolute Gasteiger partial charge is 0.396 e. The quantitative estimate of drug-likeness (QED) is 0.859. The first-order valence-electron chi connectivity index (χ1n) is 9.80. The van der Waals surface area contributed by atoms with Gasteiger partial charge in [-0.05, 0) is 42.7 Å². The first-order valence-corrected chi connectivity index (χ1v) is 9.80. The predicted octanol–water partition coefficient (Wildman–Crippen LogP) is 1.82. The van der Waals surface area contributed by atoms with Crippen LogP contribution in [0.2, 0.25) is 0 Å². The summed E-state index contributed by atoms with van der Waals surface area (Å²) in [5, 5.41) is 10.6. The van der Waals surface area contributed by atoms with Crippen LogP contribution in [0.4, 0.5) is 0 Å². The Morgan fingerprint density at radius 3 is 2.77 bits per heavy atom. The molecule has 0 amide bonds. The van der Waals surface area contributed by atoms with Crippen molar-refractivity contribution in [3.63, 3.8) is 0 Å². The zero-order valence-corrected chi connectivity index (χ0v) is 15.6. The standard InChI is InChI=1S/C21H29N3O2/c1-22-20-5-3-2-4-17(20)12-18(21(22)26)14-23-9-10-24(13-16-6-7-16)19(15-23)8-11-25/h2-5,12,16,19,25H,6-11,13-15H2,1H3/t19-/m1/s1. The molecular weight excluding hydrogens is 326 g/mol. The lowest BCUT2D eigenvalue weighted by Crippen LogP contribution is -2.53. The van der Waals surface area contributed by atoms with E-state index in [-0.39, 0.29) is 12.2 Å². The molecule has 5 heteroatoms. The van der Waals surface area contributed by atoms with E-state index < -0.39 is 0 Å². The third-order valence-electron chi connectivity index (χ3n) is 5.94. The van der Waals surface area contributed by atoms with E-state index in [1.165, 1.54) is 19.4 Å². The summed E-state index contributed by atoms with van der Waals surface area (Å²) in [7, 11) is 1.86. The lowest BCUT2D eigenvalue weighted by molar-refractivity contribution is 0.0520. The minimum atomic E-state index is 0.0998. The molecule has 2 aromatic rings. The maximum absolute atomic E-state index is 12.8. The van der Waals surface area contributed by atoms with Gasteiger partial charge in [-0.1, -0.05) is 18.2 Å². The number of para-hydroxylation sites is 1. The third kappa shape index (κ3) is 3.70. The monoisotopic (exact) mass is 355 g/mol. The fourth-order valence-electron chi connectivity index (χ4n) is 4.24. The number of piperazine rings is 1. The zero-order chi connectivity index (χ0) is 18.1. The zero-order valence-electron chi connectivity index (χ0n) is 15.6. The molecule has 4 rings (SSSR count). The molecular formula is C21H29N3O2. The number of hydrogen-bond donors (Lipinski definition) is 1. The van der Waals surface area contributed by atoms with E-state index >= 15 is 0 Å². The van der Waals surface area contributed by atoms with Gasteiger partial charge in [-0.15, -0.1) is 0 Å². The van der Waals surface area contributed by atoms with Crippen LogP contribution in [0.5, 0.6) is 0 Å². The van der Waals surface area contributed by atoms with Gasteiger partial charge in [-0.2, -0.15) is 0 Å². The van der Waals surface area contributed by atoms with Gasteiger partial charge in [0.15, 0.2) is 0 Å². The molecule has 0 bridgehead atoms. The number of aliphatic hydroxyl groups is 1. The lowest BCUT2D eigenvalue weighted by atomic mass is 10.1. The Balaban J connectivity index is 1.51.